The van der Waals surface area contributed by atoms with E-state index < -0.39 is 6.09 Å². The second kappa shape index (κ2) is 6.29. The van der Waals surface area contributed by atoms with Gasteiger partial charge in [0.2, 0.25) is 0 Å². The molecule has 1 aromatic rings. The number of aliphatic hydroxyl groups excluding tert-OH is 1. The van der Waals surface area contributed by atoms with Gasteiger partial charge in [0, 0.05) is 13.1 Å². The fraction of sp³-hybridized carbons (Fsp3) is 0.462. The number of nitrogens with zero attached hydrogens (tertiary/aromatic N) is 1. The molecule has 0 atom stereocenters. The molecule has 6 nitrogen and oxygen atoms in total. The summed E-state index contributed by atoms with van der Waals surface area (Å²) in [6, 6.07) is 5.61. The number of aliphatic hydroxyl groups is 1. The highest BCUT2D eigenvalue weighted by Gasteiger charge is 2.18. The molecule has 104 valence electrons. The molecule has 6 heteroatoms. The van der Waals surface area contributed by atoms with Crippen LogP contribution < -0.4 is 15.0 Å². The Hall–Kier alpha value is -1.95. The SMILES string of the molecule is COC(=O)NCCN1CCOc2ccc(CO)cc21. The molecule has 1 aliphatic rings. The molecule has 0 fully saturated rings. The Labute approximate surface area is 111 Å². The lowest BCUT2D eigenvalue weighted by atomic mass is 10.1. The van der Waals surface area contributed by atoms with Crippen LogP contribution in [0, 0.1) is 0 Å². The Morgan fingerprint density at radius 3 is 3.16 bits per heavy atom. The van der Waals surface area contributed by atoms with Gasteiger partial charge in [-0.2, -0.15) is 0 Å². The van der Waals surface area contributed by atoms with Crippen LogP contribution in [-0.2, 0) is 11.3 Å². The standard InChI is InChI=1S/C13H18N2O4/c1-18-13(17)14-4-5-15-6-7-19-12-3-2-10(9-16)8-11(12)15/h2-3,8,16H,4-7,9H2,1H3,(H,14,17). The number of hydrogen-bond acceptors (Lipinski definition) is 5. The molecule has 0 bridgehead atoms. The number of rotatable bonds is 4. The summed E-state index contributed by atoms with van der Waals surface area (Å²) >= 11 is 0. The van der Waals surface area contributed by atoms with Crippen molar-refractivity contribution in [3.05, 3.63) is 23.8 Å². The number of hydrogen-bond donors (Lipinski definition) is 2. The summed E-state index contributed by atoms with van der Waals surface area (Å²) in [6.45, 7) is 2.53. The van der Waals surface area contributed by atoms with Crippen LogP contribution in [0.2, 0.25) is 0 Å². The summed E-state index contributed by atoms with van der Waals surface area (Å²) < 4.78 is 10.1. The molecule has 1 amide bonds. The van der Waals surface area contributed by atoms with Gasteiger partial charge in [0.05, 0.1) is 25.9 Å². The molecule has 1 aliphatic heterocycles. The Morgan fingerprint density at radius 1 is 1.58 bits per heavy atom. The molecular weight excluding hydrogens is 248 g/mol. The number of methoxy groups -OCH3 is 1. The largest absolute Gasteiger partial charge is 0.490 e. The first-order valence-electron chi connectivity index (χ1n) is 6.18. The normalized spacial score (nSPS) is 13.5. The molecule has 0 radical (unpaired) electrons. The fourth-order valence-corrected chi connectivity index (χ4v) is 2.01. The smallest absolute Gasteiger partial charge is 0.406 e. The minimum absolute atomic E-state index is 0.00152. The van der Waals surface area contributed by atoms with Crippen LogP contribution in [0.25, 0.3) is 0 Å². The Kier molecular flexibility index (Phi) is 4.46. The van der Waals surface area contributed by atoms with Gasteiger partial charge in [0.1, 0.15) is 12.4 Å². The molecule has 0 aromatic heterocycles. The maximum absolute atomic E-state index is 11.0. The second-order valence-electron chi connectivity index (χ2n) is 4.21. The number of fused-ring (bicyclic) bond motifs is 1. The minimum atomic E-state index is -0.433. The number of anilines is 1. The van der Waals surface area contributed by atoms with Crippen molar-refractivity contribution >= 4 is 11.8 Å². The van der Waals surface area contributed by atoms with E-state index in [1.807, 2.05) is 18.2 Å². The topological polar surface area (TPSA) is 71.0 Å². The van der Waals surface area contributed by atoms with E-state index in [4.69, 9.17) is 4.74 Å². The van der Waals surface area contributed by atoms with Crippen LogP contribution in [0.1, 0.15) is 5.56 Å². The number of carbonyl (C=O) groups is 1. The average Bonchev–Trinajstić information content (AvgIpc) is 2.46. The summed E-state index contributed by atoms with van der Waals surface area (Å²) in [6.07, 6.45) is -0.433. The van der Waals surface area contributed by atoms with Crippen LogP contribution in [0.5, 0.6) is 5.75 Å². The van der Waals surface area contributed by atoms with Gasteiger partial charge >= 0.3 is 6.09 Å². The zero-order chi connectivity index (χ0) is 13.7. The molecule has 0 aliphatic carbocycles. The van der Waals surface area contributed by atoms with Gasteiger partial charge < -0.3 is 24.8 Å². The second-order valence-corrected chi connectivity index (χ2v) is 4.21. The van der Waals surface area contributed by atoms with Crippen molar-refractivity contribution in [2.24, 2.45) is 0 Å². The van der Waals surface area contributed by atoms with Crippen molar-refractivity contribution < 1.29 is 19.4 Å². The van der Waals surface area contributed by atoms with E-state index in [1.54, 1.807) is 0 Å². The molecule has 2 N–H and O–H groups in total. The lowest BCUT2D eigenvalue weighted by molar-refractivity contribution is 0.171. The first kappa shape index (κ1) is 13.5. The molecule has 0 saturated carbocycles. The van der Waals surface area contributed by atoms with Gasteiger partial charge in [-0.15, -0.1) is 0 Å². The predicted molar refractivity (Wildman–Crippen MR) is 70.5 cm³/mol. The van der Waals surface area contributed by atoms with Crippen LogP contribution in [0.4, 0.5) is 10.5 Å². The maximum atomic E-state index is 11.0. The third-order valence-corrected chi connectivity index (χ3v) is 3.00. The van der Waals surface area contributed by atoms with E-state index in [-0.39, 0.29) is 6.61 Å². The van der Waals surface area contributed by atoms with Crippen molar-refractivity contribution in [3.8, 4) is 5.75 Å². The zero-order valence-electron chi connectivity index (χ0n) is 10.9. The van der Waals surface area contributed by atoms with Gasteiger partial charge in [0.15, 0.2) is 0 Å². The number of amides is 1. The Bertz CT molecular complexity index is 450. The van der Waals surface area contributed by atoms with E-state index in [1.165, 1.54) is 7.11 Å². The lowest BCUT2D eigenvalue weighted by Crippen LogP contribution is -2.39. The molecule has 0 saturated heterocycles. The van der Waals surface area contributed by atoms with Crippen LogP contribution >= 0.6 is 0 Å². The molecule has 0 unspecified atom stereocenters. The maximum Gasteiger partial charge on any atom is 0.406 e. The lowest BCUT2D eigenvalue weighted by Gasteiger charge is -2.31. The van der Waals surface area contributed by atoms with Crippen LogP contribution in [-0.4, -0.2) is 44.6 Å². The van der Waals surface area contributed by atoms with Gasteiger partial charge in [-0.05, 0) is 17.7 Å². The molecular formula is C13H18N2O4. The van der Waals surface area contributed by atoms with Crippen molar-refractivity contribution in [2.45, 2.75) is 6.61 Å². The quantitative estimate of drug-likeness (QED) is 0.841. The minimum Gasteiger partial charge on any atom is -0.490 e. The number of benzene rings is 1. The summed E-state index contributed by atoms with van der Waals surface area (Å²) in [4.78, 5) is 13.1. The third-order valence-electron chi connectivity index (χ3n) is 3.00. The third kappa shape index (κ3) is 3.29. The van der Waals surface area contributed by atoms with E-state index >= 15 is 0 Å². The van der Waals surface area contributed by atoms with E-state index in [2.05, 4.69) is 15.0 Å². The molecule has 2 rings (SSSR count). The van der Waals surface area contributed by atoms with E-state index in [0.29, 0.717) is 19.7 Å². The molecule has 1 aromatic carbocycles. The molecule has 1 heterocycles. The fourth-order valence-electron chi connectivity index (χ4n) is 2.01. The Balaban J connectivity index is 2.02. The summed E-state index contributed by atoms with van der Waals surface area (Å²) in [5.41, 5.74) is 1.79. The monoisotopic (exact) mass is 266 g/mol. The van der Waals surface area contributed by atoms with Gasteiger partial charge in [-0.25, -0.2) is 4.79 Å². The van der Waals surface area contributed by atoms with Gasteiger partial charge in [0.25, 0.3) is 0 Å². The number of alkyl carbamates (subject to hydrolysis) is 1. The van der Waals surface area contributed by atoms with Crippen molar-refractivity contribution in [1.82, 2.24) is 5.32 Å². The Morgan fingerprint density at radius 2 is 2.42 bits per heavy atom. The van der Waals surface area contributed by atoms with Crippen molar-refractivity contribution in [2.75, 3.05) is 38.3 Å². The molecule has 0 spiro atoms. The number of nitrogens with one attached hydrogen (secondary N) is 1. The first-order valence-corrected chi connectivity index (χ1v) is 6.18. The van der Waals surface area contributed by atoms with Crippen molar-refractivity contribution in [1.29, 1.82) is 0 Å². The highest BCUT2D eigenvalue weighted by atomic mass is 16.5. The summed E-state index contributed by atoms with van der Waals surface area (Å²) in [7, 11) is 1.34. The van der Waals surface area contributed by atoms with Crippen molar-refractivity contribution in [3.63, 3.8) is 0 Å². The molecule has 19 heavy (non-hydrogen) atoms. The van der Waals surface area contributed by atoms with Crippen LogP contribution in [0.3, 0.4) is 0 Å². The predicted octanol–water partition coefficient (Wildman–Crippen LogP) is 0.734. The zero-order valence-corrected chi connectivity index (χ0v) is 10.9. The number of carbonyl (C=O) groups excluding carboxylic acids is 1. The average molecular weight is 266 g/mol. The van der Waals surface area contributed by atoms with E-state index in [0.717, 1.165) is 23.5 Å². The van der Waals surface area contributed by atoms with Crippen LogP contribution in [0.15, 0.2) is 18.2 Å². The number of ether oxygens (including phenoxy) is 2. The highest BCUT2D eigenvalue weighted by molar-refractivity contribution is 5.67. The van der Waals surface area contributed by atoms with E-state index in [9.17, 15) is 9.90 Å². The summed E-state index contributed by atoms with van der Waals surface area (Å²) in [5.74, 6) is 0.807. The van der Waals surface area contributed by atoms with Gasteiger partial charge in [-0.3, -0.25) is 0 Å². The summed E-state index contributed by atoms with van der Waals surface area (Å²) in [5, 5.41) is 11.8. The first-order chi connectivity index (χ1) is 9.24. The highest BCUT2D eigenvalue weighted by Crippen LogP contribution is 2.32. The van der Waals surface area contributed by atoms with Gasteiger partial charge in [-0.1, -0.05) is 6.07 Å².